The molecule has 2 aromatic carbocycles. The molecular weight excluding hydrogens is 340 g/mol. The lowest BCUT2D eigenvalue weighted by Gasteiger charge is -2.10. The minimum Gasteiger partial charge on any atom is -0.454 e. The average Bonchev–Trinajstić information content (AvgIpc) is 2.66. The summed E-state index contributed by atoms with van der Waals surface area (Å²) >= 11 is 0. The van der Waals surface area contributed by atoms with E-state index in [1.54, 1.807) is 25.1 Å². The lowest BCUT2D eigenvalue weighted by atomic mass is 10.1. The molecular formula is C18H16N2O6. The minimum absolute atomic E-state index is 0.0690. The minimum atomic E-state index is -0.782. The summed E-state index contributed by atoms with van der Waals surface area (Å²) in [5.41, 5.74) is 0.239. The predicted octanol–water partition coefficient (Wildman–Crippen LogP) is 2.98. The number of ketones is 1. The van der Waals surface area contributed by atoms with Gasteiger partial charge < -0.3 is 10.1 Å². The van der Waals surface area contributed by atoms with E-state index in [4.69, 9.17) is 4.74 Å². The third-order valence-electron chi connectivity index (χ3n) is 3.46. The van der Waals surface area contributed by atoms with Crippen molar-refractivity contribution in [3.8, 4) is 0 Å². The molecule has 0 unspecified atom stereocenters. The van der Waals surface area contributed by atoms with Gasteiger partial charge in [-0.2, -0.15) is 0 Å². The molecule has 0 aliphatic carbocycles. The van der Waals surface area contributed by atoms with E-state index in [1.807, 2.05) is 0 Å². The zero-order valence-electron chi connectivity index (χ0n) is 13.9. The summed E-state index contributed by atoms with van der Waals surface area (Å²) < 4.78 is 4.99. The smallest absolute Gasteiger partial charge is 0.340 e. The van der Waals surface area contributed by atoms with Crippen molar-refractivity contribution in [1.29, 1.82) is 0 Å². The lowest BCUT2D eigenvalue weighted by molar-refractivity contribution is -0.384. The molecule has 0 saturated heterocycles. The van der Waals surface area contributed by atoms with Crippen LogP contribution >= 0.6 is 0 Å². The van der Waals surface area contributed by atoms with Gasteiger partial charge in [-0.15, -0.1) is 0 Å². The van der Waals surface area contributed by atoms with Gasteiger partial charge in [-0.05, 0) is 12.1 Å². The van der Waals surface area contributed by atoms with Gasteiger partial charge in [-0.1, -0.05) is 31.2 Å². The quantitative estimate of drug-likeness (QED) is 0.353. The van der Waals surface area contributed by atoms with Crippen molar-refractivity contribution in [1.82, 2.24) is 0 Å². The molecule has 8 nitrogen and oxygen atoms in total. The number of rotatable bonds is 7. The van der Waals surface area contributed by atoms with Crippen LogP contribution in [0.5, 0.6) is 0 Å². The molecule has 0 fully saturated rings. The molecule has 2 aromatic rings. The van der Waals surface area contributed by atoms with E-state index in [2.05, 4.69) is 5.32 Å². The maximum absolute atomic E-state index is 12.2. The Morgan fingerprint density at radius 3 is 2.54 bits per heavy atom. The predicted molar refractivity (Wildman–Crippen MR) is 93.1 cm³/mol. The monoisotopic (exact) mass is 356 g/mol. The second-order valence-corrected chi connectivity index (χ2v) is 5.25. The number of benzene rings is 2. The van der Waals surface area contributed by atoms with Crippen molar-refractivity contribution < 1.29 is 24.0 Å². The highest BCUT2D eigenvalue weighted by Gasteiger charge is 2.17. The maximum Gasteiger partial charge on any atom is 0.340 e. The number of carbonyl (C=O) groups is 3. The first-order valence-corrected chi connectivity index (χ1v) is 7.76. The number of hydrogen-bond donors (Lipinski definition) is 1. The number of anilines is 1. The number of nitro benzene ring substituents is 1. The Morgan fingerprint density at radius 2 is 1.85 bits per heavy atom. The molecule has 134 valence electrons. The van der Waals surface area contributed by atoms with Crippen LogP contribution in [0, 0.1) is 10.1 Å². The van der Waals surface area contributed by atoms with Gasteiger partial charge in [0, 0.05) is 24.1 Å². The van der Waals surface area contributed by atoms with Crippen LogP contribution in [0.25, 0.3) is 0 Å². The van der Waals surface area contributed by atoms with E-state index in [0.29, 0.717) is 0 Å². The fourth-order valence-electron chi connectivity index (χ4n) is 2.09. The van der Waals surface area contributed by atoms with Gasteiger partial charge in [-0.3, -0.25) is 19.7 Å². The Bertz CT molecular complexity index is 862. The van der Waals surface area contributed by atoms with Crippen molar-refractivity contribution in [2.24, 2.45) is 0 Å². The molecule has 1 amide bonds. The number of amides is 1. The van der Waals surface area contributed by atoms with E-state index in [0.717, 1.165) is 6.07 Å². The van der Waals surface area contributed by atoms with Crippen LogP contribution in [0.1, 0.15) is 34.1 Å². The van der Waals surface area contributed by atoms with E-state index in [9.17, 15) is 24.5 Å². The van der Waals surface area contributed by atoms with Crippen molar-refractivity contribution >= 4 is 29.0 Å². The van der Waals surface area contributed by atoms with Gasteiger partial charge in [0.15, 0.2) is 6.61 Å². The zero-order chi connectivity index (χ0) is 19.1. The maximum atomic E-state index is 12.2. The second kappa shape index (κ2) is 8.52. The standard InChI is InChI=1S/C18H16N2O6/c1-2-17(22)19-15-9-4-3-8-14(15)18(23)26-11-16(21)12-6-5-7-13(10-12)20(24)25/h3-10H,2,11H2,1H3,(H,19,22). The second-order valence-electron chi connectivity index (χ2n) is 5.25. The molecule has 26 heavy (non-hydrogen) atoms. The summed E-state index contributed by atoms with van der Waals surface area (Å²) in [6, 6.07) is 11.4. The largest absolute Gasteiger partial charge is 0.454 e. The molecule has 0 atom stereocenters. The number of nitrogens with one attached hydrogen (secondary N) is 1. The van der Waals surface area contributed by atoms with E-state index in [1.165, 1.54) is 24.3 Å². The summed E-state index contributed by atoms with van der Waals surface area (Å²) in [7, 11) is 0. The summed E-state index contributed by atoms with van der Waals surface area (Å²) in [5, 5.41) is 13.3. The van der Waals surface area contributed by atoms with Crippen LogP contribution in [-0.4, -0.2) is 29.2 Å². The number of para-hydroxylation sites is 1. The lowest BCUT2D eigenvalue weighted by Crippen LogP contribution is -2.17. The van der Waals surface area contributed by atoms with Gasteiger partial charge in [0.25, 0.3) is 5.69 Å². The zero-order valence-corrected chi connectivity index (χ0v) is 13.9. The first-order valence-electron chi connectivity index (χ1n) is 7.76. The van der Waals surface area contributed by atoms with Gasteiger partial charge in [0.05, 0.1) is 16.2 Å². The Labute approximate surface area is 148 Å². The van der Waals surface area contributed by atoms with Crippen molar-refractivity contribution in [3.05, 3.63) is 69.8 Å². The number of Topliss-reactive ketones (excluding diaryl/α,β-unsaturated/α-hetero) is 1. The Balaban J connectivity index is 2.07. The topological polar surface area (TPSA) is 116 Å². The summed E-state index contributed by atoms with van der Waals surface area (Å²) in [5.74, 6) is -1.62. The van der Waals surface area contributed by atoms with Crippen LogP contribution in [0.3, 0.4) is 0 Å². The molecule has 8 heteroatoms. The molecule has 0 heterocycles. The fraction of sp³-hybridized carbons (Fsp3) is 0.167. The molecule has 0 aliphatic heterocycles. The van der Waals surface area contributed by atoms with Gasteiger partial charge >= 0.3 is 5.97 Å². The van der Waals surface area contributed by atoms with E-state index < -0.39 is 23.3 Å². The van der Waals surface area contributed by atoms with Gasteiger partial charge in [0.2, 0.25) is 11.7 Å². The van der Waals surface area contributed by atoms with E-state index in [-0.39, 0.29) is 34.8 Å². The number of nitrogens with zero attached hydrogens (tertiary/aromatic N) is 1. The normalized spacial score (nSPS) is 10.0. The summed E-state index contributed by atoms with van der Waals surface area (Å²) in [6.07, 6.45) is 0.245. The highest BCUT2D eigenvalue weighted by molar-refractivity contribution is 6.03. The first kappa shape index (κ1) is 18.8. The van der Waals surface area contributed by atoms with Gasteiger partial charge in [-0.25, -0.2) is 4.79 Å². The highest BCUT2D eigenvalue weighted by Crippen LogP contribution is 2.17. The molecule has 0 radical (unpaired) electrons. The molecule has 0 saturated carbocycles. The van der Waals surface area contributed by atoms with Crippen LogP contribution < -0.4 is 5.32 Å². The number of carbonyl (C=O) groups excluding carboxylic acids is 3. The molecule has 0 spiro atoms. The highest BCUT2D eigenvalue weighted by atomic mass is 16.6. The molecule has 2 rings (SSSR count). The average molecular weight is 356 g/mol. The Hall–Kier alpha value is -3.55. The van der Waals surface area contributed by atoms with Crippen LogP contribution in [0.15, 0.2) is 48.5 Å². The third kappa shape index (κ3) is 4.73. The number of nitro groups is 1. The Kier molecular flexibility index (Phi) is 6.15. The van der Waals surface area contributed by atoms with Crippen molar-refractivity contribution in [2.45, 2.75) is 13.3 Å². The number of esters is 1. The SMILES string of the molecule is CCC(=O)Nc1ccccc1C(=O)OCC(=O)c1cccc([N+](=O)[O-])c1. The molecule has 0 aliphatic rings. The molecule has 1 N–H and O–H groups in total. The van der Waals surface area contributed by atoms with Gasteiger partial charge in [0.1, 0.15) is 0 Å². The van der Waals surface area contributed by atoms with Crippen LogP contribution in [-0.2, 0) is 9.53 Å². The molecule has 0 aromatic heterocycles. The Morgan fingerprint density at radius 1 is 1.12 bits per heavy atom. The molecule has 0 bridgehead atoms. The number of non-ortho nitro benzene ring substituents is 1. The fourth-order valence-corrected chi connectivity index (χ4v) is 2.09. The van der Waals surface area contributed by atoms with Crippen LogP contribution in [0.2, 0.25) is 0 Å². The van der Waals surface area contributed by atoms with Crippen molar-refractivity contribution in [3.63, 3.8) is 0 Å². The summed E-state index contributed by atoms with van der Waals surface area (Å²) in [4.78, 5) is 46.0. The number of hydrogen-bond acceptors (Lipinski definition) is 6. The van der Waals surface area contributed by atoms with E-state index >= 15 is 0 Å². The first-order chi connectivity index (χ1) is 12.4. The van der Waals surface area contributed by atoms with Crippen molar-refractivity contribution in [2.75, 3.05) is 11.9 Å². The summed E-state index contributed by atoms with van der Waals surface area (Å²) in [6.45, 7) is 1.10. The number of ether oxygens (including phenoxy) is 1. The third-order valence-corrected chi connectivity index (χ3v) is 3.46. The van der Waals surface area contributed by atoms with Crippen LogP contribution in [0.4, 0.5) is 11.4 Å².